The minimum atomic E-state index is -0.274. The lowest BCUT2D eigenvalue weighted by Crippen LogP contribution is -2.45. The molecule has 29 heavy (non-hydrogen) atoms. The largest absolute Gasteiger partial charge is 0.487 e. The maximum Gasteiger partial charge on any atom is 0.223 e. The molecule has 1 atom stereocenters. The van der Waals surface area contributed by atoms with E-state index in [4.69, 9.17) is 4.74 Å². The summed E-state index contributed by atoms with van der Waals surface area (Å²) in [4.78, 5) is 15.5. The highest BCUT2D eigenvalue weighted by atomic mass is 16.5. The predicted molar refractivity (Wildman–Crippen MR) is 116 cm³/mol. The average Bonchev–Trinajstić information content (AvgIpc) is 2.69. The zero-order valence-electron chi connectivity index (χ0n) is 17.8. The number of likely N-dealkylation sites (tertiary alicyclic amines) is 1. The van der Waals surface area contributed by atoms with Crippen molar-refractivity contribution < 1.29 is 9.53 Å². The van der Waals surface area contributed by atoms with E-state index in [9.17, 15) is 4.79 Å². The standard InChI is InChI=1S/C25H32N2O2/c1-18-8-10-19(11-9-18)17-27-14-12-20(13-15-27)24(28)26-22-16-25(2,3)29-23-7-5-4-6-21(22)23/h4-11,20,22H,12-17H2,1-3H3,(H,26,28)/t22-/m0/s1. The van der Waals surface area contributed by atoms with Crippen molar-refractivity contribution in [2.24, 2.45) is 5.92 Å². The molecule has 0 radical (unpaired) electrons. The van der Waals surface area contributed by atoms with E-state index in [2.05, 4.69) is 61.3 Å². The molecule has 4 heteroatoms. The van der Waals surface area contributed by atoms with Gasteiger partial charge in [-0.25, -0.2) is 0 Å². The fraction of sp³-hybridized carbons (Fsp3) is 0.480. The van der Waals surface area contributed by atoms with Crippen LogP contribution >= 0.6 is 0 Å². The number of carbonyl (C=O) groups excluding carboxylic acids is 1. The molecule has 0 aromatic heterocycles. The molecule has 0 bridgehead atoms. The van der Waals surface area contributed by atoms with Crippen molar-refractivity contribution >= 4 is 5.91 Å². The summed E-state index contributed by atoms with van der Waals surface area (Å²) in [5.41, 5.74) is 3.46. The lowest BCUT2D eigenvalue weighted by atomic mass is 9.88. The molecule has 0 aliphatic carbocycles. The Labute approximate surface area is 174 Å². The molecule has 4 nitrogen and oxygen atoms in total. The molecule has 2 aliphatic heterocycles. The van der Waals surface area contributed by atoms with Gasteiger partial charge >= 0.3 is 0 Å². The number of carbonyl (C=O) groups is 1. The van der Waals surface area contributed by atoms with E-state index >= 15 is 0 Å². The van der Waals surface area contributed by atoms with Gasteiger partial charge in [-0.1, -0.05) is 48.0 Å². The zero-order chi connectivity index (χ0) is 20.4. The summed E-state index contributed by atoms with van der Waals surface area (Å²) < 4.78 is 6.10. The Morgan fingerprint density at radius 1 is 1.10 bits per heavy atom. The summed E-state index contributed by atoms with van der Waals surface area (Å²) in [6.07, 6.45) is 2.64. The summed E-state index contributed by atoms with van der Waals surface area (Å²) in [5.74, 6) is 1.18. The van der Waals surface area contributed by atoms with Crippen molar-refractivity contribution in [1.82, 2.24) is 10.2 Å². The van der Waals surface area contributed by atoms with Crippen molar-refractivity contribution in [1.29, 1.82) is 0 Å². The Kier molecular flexibility index (Phi) is 5.64. The first-order valence-electron chi connectivity index (χ1n) is 10.8. The molecule has 2 aromatic carbocycles. The van der Waals surface area contributed by atoms with E-state index < -0.39 is 0 Å². The summed E-state index contributed by atoms with van der Waals surface area (Å²) in [6, 6.07) is 16.8. The van der Waals surface area contributed by atoms with Gasteiger partial charge in [0.15, 0.2) is 0 Å². The second-order valence-corrected chi connectivity index (χ2v) is 9.20. The van der Waals surface area contributed by atoms with E-state index in [-0.39, 0.29) is 23.5 Å². The highest BCUT2D eigenvalue weighted by Gasteiger charge is 2.35. The summed E-state index contributed by atoms with van der Waals surface area (Å²) >= 11 is 0. The SMILES string of the molecule is Cc1ccc(CN2CCC(C(=O)N[C@H]3CC(C)(C)Oc4ccccc43)CC2)cc1. The Bertz CT molecular complexity index is 851. The fourth-order valence-corrected chi connectivity index (χ4v) is 4.53. The van der Waals surface area contributed by atoms with E-state index in [1.165, 1.54) is 11.1 Å². The van der Waals surface area contributed by atoms with Gasteiger partial charge < -0.3 is 10.1 Å². The van der Waals surface area contributed by atoms with Crippen LogP contribution in [-0.2, 0) is 11.3 Å². The Morgan fingerprint density at radius 3 is 2.52 bits per heavy atom. The highest BCUT2D eigenvalue weighted by molar-refractivity contribution is 5.79. The fourth-order valence-electron chi connectivity index (χ4n) is 4.53. The number of hydrogen-bond donors (Lipinski definition) is 1. The lowest BCUT2D eigenvalue weighted by molar-refractivity contribution is -0.127. The van der Waals surface area contributed by atoms with E-state index in [1.54, 1.807) is 0 Å². The van der Waals surface area contributed by atoms with E-state index in [1.807, 2.05) is 18.2 Å². The molecule has 2 aromatic rings. The second kappa shape index (κ2) is 8.19. The number of amides is 1. The van der Waals surface area contributed by atoms with Crippen molar-refractivity contribution in [3.63, 3.8) is 0 Å². The number of aryl methyl sites for hydroxylation is 1. The Hall–Kier alpha value is -2.33. The number of nitrogens with zero attached hydrogens (tertiary/aromatic N) is 1. The molecular formula is C25H32N2O2. The Morgan fingerprint density at radius 2 is 1.79 bits per heavy atom. The first-order chi connectivity index (χ1) is 13.9. The van der Waals surface area contributed by atoms with Crippen LogP contribution < -0.4 is 10.1 Å². The van der Waals surface area contributed by atoms with Crippen LogP contribution in [0.4, 0.5) is 0 Å². The molecule has 0 unspecified atom stereocenters. The van der Waals surface area contributed by atoms with Crippen molar-refractivity contribution in [2.75, 3.05) is 13.1 Å². The van der Waals surface area contributed by atoms with Gasteiger partial charge in [0, 0.05) is 24.4 Å². The first-order valence-corrected chi connectivity index (χ1v) is 10.8. The molecule has 0 spiro atoms. The topological polar surface area (TPSA) is 41.6 Å². The van der Waals surface area contributed by atoms with E-state index in [0.29, 0.717) is 0 Å². The molecule has 1 saturated heterocycles. The van der Waals surface area contributed by atoms with Crippen LogP contribution in [0.1, 0.15) is 55.8 Å². The lowest BCUT2D eigenvalue weighted by Gasteiger charge is -2.39. The minimum Gasteiger partial charge on any atom is -0.487 e. The molecule has 2 aliphatic rings. The molecule has 1 amide bonds. The zero-order valence-corrected chi connectivity index (χ0v) is 17.8. The first kappa shape index (κ1) is 20.0. The Balaban J connectivity index is 1.34. The molecule has 154 valence electrons. The third-order valence-electron chi connectivity index (χ3n) is 6.18. The van der Waals surface area contributed by atoms with Gasteiger partial charge in [0.1, 0.15) is 11.4 Å². The van der Waals surface area contributed by atoms with Crippen LogP contribution in [0.2, 0.25) is 0 Å². The maximum atomic E-state index is 13.0. The van der Waals surface area contributed by atoms with Gasteiger partial charge in [0.2, 0.25) is 5.91 Å². The third-order valence-corrected chi connectivity index (χ3v) is 6.18. The number of fused-ring (bicyclic) bond motifs is 1. The van der Waals surface area contributed by atoms with Gasteiger partial charge in [-0.05, 0) is 58.3 Å². The number of hydrogen-bond acceptors (Lipinski definition) is 3. The van der Waals surface area contributed by atoms with Gasteiger partial charge in [-0.15, -0.1) is 0 Å². The molecule has 1 fully saturated rings. The quantitative estimate of drug-likeness (QED) is 0.825. The number of ether oxygens (including phenoxy) is 1. The predicted octanol–water partition coefficient (Wildman–Crippen LogP) is 4.63. The number of benzene rings is 2. The molecule has 4 rings (SSSR count). The van der Waals surface area contributed by atoms with Crippen molar-refractivity contribution in [2.45, 2.75) is 58.2 Å². The summed E-state index contributed by atoms with van der Waals surface area (Å²) in [6.45, 7) is 9.21. The monoisotopic (exact) mass is 392 g/mol. The van der Waals surface area contributed by atoms with Crippen LogP contribution in [0.25, 0.3) is 0 Å². The van der Waals surface area contributed by atoms with Crippen LogP contribution in [0.15, 0.2) is 48.5 Å². The molecule has 2 heterocycles. The number of nitrogens with one attached hydrogen (secondary N) is 1. The second-order valence-electron chi connectivity index (χ2n) is 9.20. The summed E-state index contributed by atoms with van der Waals surface area (Å²) in [7, 11) is 0. The molecule has 1 N–H and O–H groups in total. The minimum absolute atomic E-state index is 0.0213. The van der Waals surface area contributed by atoms with Gasteiger partial charge in [-0.2, -0.15) is 0 Å². The smallest absolute Gasteiger partial charge is 0.223 e. The van der Waals surface area contributed by atoms with Crippen molar-refractivity contribution in [3.8, 4) is 5.75 Å². The summed E-state index contributed by atoms with van der Waals surface area (Å²) in [5, 5.41) is 3.33. The molecular weight excluding hydrogens is 360 g/mol. The van der Waals surface area contributed by atoms with Crippen molar-refractivity contribution in [3.05, 3.63) is 65.2 Å². The van der Waals surface area contributed by atoms with Crippen LogP contribution in [0.5, 0.6) is 5.75 Å². The van der Waals surface area contributed by atoms with Gasteiger partial charge in [-0.3, -0.25) is 9.69 Å². The average molecular weight is 393 g/mol. The van der Waals surface area contributed by atoms with E-state index in [0.717, 1.165) is 50.2 Å². The van der Waals surface area contributed by atoms with Gasteiger partial charge in [0.25, 0.3) is 0 Å². The van der Waals surface area contributed by atoms with Gasteiger partial charge in [0.05, 0.1) is 6.04 Å². The number of piperidine rings is 1. The van der Waals surface area contributed by atoms with Crippen LogP contribution in [0, 0.1) is 12.8 Å². The number of para-hydroxylation sites is 1. The normalized spacial score (nSPS) is 21.8. The molecule has 0 saturated carbocycles. The highest BCUT2D eigenvalue weighted by Crippen LogP contribution is 2.39. The van der Waals surface area contributed by atoms with Crippen LogP contribution in [-0.4, -0.2) is 29.5 Å². The maximum absolute atomic E-state index is 13.0. The third kappa shape index (κ3) is 4.81. The number of rotatable bonds is 4. The van der Waals surface area contributed by atoms with Crippen LogP contribution in [0.3, 0.4) is 0 Å².